The lowest BCUT2D eigenvalue weighted by Gasteiger charge is -2.46. The normalized spacial score (nSPS) is 26.8. The Balaban J connectivity index is 1.59. The standard InChI is InChI=1S/C27H36N4O7S/c1-6-8-37-26(35)23-24(15(3)22-21(16(4)33)25(34)31(22)23)39-20-12-18(30(13-20)27(36)38-9-7-2)10-17-11-19(14-32)29(5)28-17/h6-7,11,15-16,18,20-22,32-33H,1-2,8-10,12-14H2,3-5H3/t15-,16-,18-,20+,21-,22-/m1/s1. The smallest absolute Gasteiger partial charge is 0.410 e. The predicted octanol–water partition coefficient (Wildman–Crippen LogP) is 1.75. The van der Waals surface area contributed by atoms with Gasteiger partial charge in [-0.05, 0) is 19.4 Å². The van der Waals surface area contributed by atoms with Crippen LogP contribution in [0.4, 0.5) is 4.79 Å². The number of fused-ring (bicyclic) bond motifs is 1. The van der Waals surface area contributed by atoms with Gasteiger partial charge in [-0.2, -0.15) is 5.10 Å². The van der Waals surface area contributed by atoms with Crippen LogP contribution in [-0.2, 0) is 39.1 Å². The molecule has 1 aromatic heterocycles. The topological polar surface area (TPSA) is 134 Å². The van der Waals surface area contributed by atoms with Crippen molar-refractivity contribution in [1.82, 2.24) is 19.6 Å². The third-order valence-electron chi connectivity index (χ3n) is 7.50. The molecule has 0 aromatic carbocycles. The van der Waals surface area contributed by atoms with Crippen LogP contribution in [0, 0.1) is 11.8 Å². The van der Waals surface area contributed by atoms with E-state index in [1.54, 1.807) is 23.6 Å². The zero-order chi connectivity index (χ0) is 28.4. The third-order valence-corrected chi connectivity index (χ3v) is 8.99. The molecule has 2 amide bonds. The van der Waals surface area contributed by atoms with Crippen LogP contribution in [0.3, 0.4) is 0 Å². The summed E-state index contributed by atoms with van der Waals surface area (Å²) in [6.45, 7) is 11.0. The minimum absolute atomic E-state index is 0.00944. The van der Waals surface area contributed by atoms with Crippen molar-refractivity contribution < 1.29 is 34.1 Å². The number of aromatic nitrogens is 2. The molecule has 12 heteroatoms. The summed E-state index contributed by atoms with van der Waals surface area (Å²) in [4.78, 5) is 42.8. The van der Waals surface area contributed by atoms with E-state index in [4.69, 9.17) is 9.47 Å². The monoisotopic (exact) mass is 560 g/mol. The SMILES string of the molecule is C=CCOC(=O)C1=C(S[C@H]2C[C@@H](Cc3cc(CO)n(C)n3)N(C(=O)OCC=C)C2)[C@H](C)[C@@H]2[C@@H]([C@@H](C)O)C(=O)N12. The largest absolute Gasteiger partial charge is 0.457 e. The first-order chi connectivity index (χ1) is 18.6. The zero-order valence-electron chi connectivity index (χ0n) is 22.5. The number of aryl methyl sites for hydroxylation is 1. The van der Waals surface area contributed by atoms with E-state index < -0.39 is 24.1 Å². The molecule has 39 heavy (non-hydrogen) atoms. The molecule has 1 aromatic rings. The van der Waals surface area contributed by atoms with Crippen LogP contribution in [0.25, 0.3) is 0 Å². The van der Waals surface area contributed by atoms with E-state index >= 15 is 0 Å². The summed E-state index contributed by atoms with van der Waals surface area (Å²) < 4.78 is 12.3. The third kappa shape index (κ3) is 5.50. The highest BCUT2D eigenvalue weighted by Gasteiger charge is 2.60. The van der Waals surface area contributed by atoms with Crippen molar-refractivity contribution >= 4 is 29.7 Å². The molecule has 0 saturated carbocycles. The lowest BCUT2D eigenvalue weighted by atomic mass is 9.79. The molecule has 2 fully saturated rings. The van der Waals surface area contributed by atoms with E-state index in [1.807, 2.05) is 13.0 Å². The Hall–Kier alpha value is -3.09. The Morgan fingerprint density at radius 2 is 1.97 bits per heavy atom. The van der Waals surface area contributed by atoms with Gasteiger partial charge in [0, 0.05) is 42.1 Å². The summed E-state index contributed by atoms with van der Waals surface area (Å²) >= 11 is 1.47. The molecule has 0 unspecified atom stereocenters. The molecule has 4 rings (SSSR count). The molecule has 2 saturated heterocycles. The van der Waals surface area contributed by atoms with Crippen LogP contribution in [0.15, 0.2) is 42.0 Å². The van der Waals surface area contributed by atoms with Crippen molar-refractivity contribution in [1.29, 1.82) is 0 Å². The second kappa shape index (κ2) is 12.0. The van der Waals surface area contributed by atoms with Crippen LogP contribution >= 0.6 is 11.8 Å². The second-order valence-electron chi connectivity index (χ2n) is 10.1. The number of nitrogens with zero attached hydrogens (tertiary/aromatic N) is 4. The Morgan fingerprint density at radius 3 is 2.59 bits per heavy atom. The molecule has 0 spiro atoms. The summed E-state index contributed by atoms with van der Waals surface area (Å²) in [5, 5.41) is 24.2. The molecule has 6 atom stereocenters. The van der Waals surface area contributed by atoms with E-state index in [2.05, 4.69) is 18.3 Å². The molecular weight excluding hydrogens is 524 g/mol. The van der Waals surface area contributed by atoms with Gasteiger partial charge in [-0.15, -0.1) is 11.8 Å². The molecule has 212 valence electrons. The maximum absolute atomic E-state index is 13.1. The number of aliphatic hydroxyl groups is 2. The van der Waals surface area contributed by atoms with Gasteiger partial charge in [0.25, 0.3) is 0 Å². The summed E-state index contributed by atoms with van der Waals surface area (Å²) in [6, 6.07) is 1.26. The number of likely N-dealkylation sites (tertiary alicyclic amines) is 1. The highest BCUT2D eigenvalue weighted by atomic mass is 32.2. The van der Waals surface area contributed by atoms with Crippen molar-refractivity contribution in [3.05, 3.63) is 53.4 Å². The van der Waals surface area contributed by atoms with Gasteiger partial charge in [0.1, 0.15) is 18.9 Å². The summed E-state index contributed by atoms with van der Waals surface area (Å²) in [6.07, 6.45) is 2.73. The second-order valence-corrected chi connectivity index (χ2v) is 11.5. The summed E-state index contributed by atoms with van der Waals surface area (Å²) in [7, 11) is 1.75. The van der Waals surface area contributed by atoms with Crippen molar-refractivity contribution in [2.45, 2.75) is 56.7 Å². The van der Waals surface area contributed by atoms with Gasteiger partial charge < -0.3 is 29.5 Å². The number of rotatable bonds is 11. The minimum atomic E-state index is -0.843. The molecule has 2 N–H and O–H groups in total. The average molecular weight is 561 g/mol. The van der Waals surface area contributed by atoms with Crippen molar-refractivity contribution in [3.8, 4) is 0 Å². The molecule has 0 bridgehead atoms. The van der Waals surface area contributed by atoms with Crippen molar-refractivity contribution in [2.24, 2.45) is 18.9 Å². The fourth-order valence-corrected chi connectivity index (χ4v) is 7.26. The van der Waals surface area contributed by atoms with Gasteiger partial charge in [0.2, 0.25) is 5.91 Å². The first kappa shape index (κ1) is 28.9. The molecule has 4 heterocycles. The number of β-lactam (4-membered cyclic amide) rings is 1. The summed E-state index contributed by atoms with van der Waals surface area (Å²) in [5.41, 5.74) is 1.63. The zero-order valence-corrected chi connectivity index (χ0v) is 23.3. The van der Waals surface area contributed by atoms with E-state index in [9.17, 15) is 24.6 Å². The van der Waals surface area contributed by atoms with E-state index in [-0.39, 0.29) is 54.7 Å². The maximum Gasteiger partial charge on any atom is 0.410 e. The number of amides is 2. The first-order valence-electron chi connectivity index (χ1n) is 13.0. The predicted molar refractivity (Wildman–Crippen MR) is 144 cm³/mol. The number of carbonyl (C=O) groups is 3. The molecule has 0 radical (unpaired) electrons. The van der Waals surface area contributed by atoms with E-state index in [0.29, 0.717) is 25.1 Å². The number of aliphatic hydroxyl groups excluding tert-OH is 2. The highest BCUT2D eigenvalue weighted by molar-refractivity contribution is 8.03. The van der Waals surface area contributed by atoms with Gasteiger partial charge in [0.15, 0.2) is 0 Å². The number of esters is 1. The fourth-order valence-electron chi connectivity index (χ4n) is 5.70. The number of carbonyl (C=O) groups excluding carboxylic acids is 3. The lowest BCUT2D eigenvalue weighted by molar-refractivity contribution is -0.164. The number of ether oxygens (including phenoxy) is 2. The Morgan fingerprint density at radius 1 is 1.28 bits per heavy atom. The van der Waals surface area contributed by atoms with Crippen LogP contribution in [0.2, 0.25) is 0 Å². The van der Waals surface area contributed by atoms with Gasteiger partial charge in [-0.3, -0.25) is 9.48 Å². The van der Waals surface area contributed by atoms with Crippen LogP contribution in [0.5, 0.6) is 0 Å². The Kier molecular flexibility index (Phi) is 8.87. The average Bonchev–Trinajstić information content (AvgIpc) is 3.53. The van der Waals surface area contributed by atoms with Crippen LogP contribution in [-0.4, -0.2) is 91.0 Å². The van der Waals surface area contributed by atoms with E-state index in [1.165, 1.54) is 28.8 Å². The Labute approximate surface area is 232 Å². The van der Waals surface area contributed by atoms with Gasteiger partial charge in [-0.25, -0.2) is 9.59 Å². The van der Waals surface area contributed by atoms with Gasteiger partial charge in [0.05, 0.1) is 36.1 Å². The minimum Gasteiger partial charge on any atom is -0.457 e. The van der Waals surface area contributed by atoms with E-state index in [0.717, 1.165) is 10.6 Å². The van der Waals surface area contributed by atoms with Crippen LogP contribution in [0.1, 0.15) is 31.7 Å². The molecule has 3 aliphatic heterocycles. The first-order valence-corrected chi connectivity index (χ1v) is 13.9. The Bertz CT molecular complexity index is 1180. The molecule has 11 nitrogen and oxygen atoms in total. The number of hydrogen-bond donors (Lipinski definition) is 2. The highest BCUT2D eigenvalue weighted by Crippen LogP contribution is 2.52. The fraction of sp³-hybridized carbons (Fsp3) is 0.556. The molecule has 3 aliphatic rings. The van der Waals surface area contributed by atoms with Crippen molar-refractivity contribution in [3.63, 3.8) is 0 Å². The molecule has 0 aliphatic carbocycles. The van der Waals surface area contributed by atoms with Gasteiger partial charge in [-0.1, -0.05) is 32.2 Å². The molecular formula is C27H36N4O7S. The van der Waals surface area contributed by atoms with Crippen LogP contribution < -0.4 is 0 Å². The number of hydrogen-bond acceptors (Lipinski definition) is 9. The van der Waals surface area contributed by atoms with Crippen molar-refractivity contribution in [2.75, 3.05) is 19.8 Å². The summed E-state index contributed by atoms with van der Waals surface area (Å²) in [5.74, 6) is -1.68. The van der Waals surface area contributed by atoms with Gasteiger partial charge >= 0.3 is 12.1 Å². The quantitative estimate of drug-likeness (QED) is 0.236. The maximum atomic E-state index is 13.1. The number of thioether (sulfide) groups is 1. The lowest BCUT2D eigenvalue weighted by Crippen LogP contribution is -2.63.